The fourth-order valence-corrected chi connectivity index (χ4v) is 0.796. The van der Waals surface area contributed by atoms with Crippen LogP contribution >= 0.6 is 12.2 Å². The van der Waals surface area contributed by atoms with E-state index >= 15 is 0 Å². The van der Waals surface area contributed by atoms with E-state index in [0.29, 0.717) is 17.8 Å². The van der Waals surface area contributed by atoms with Crippen LogP contribution in [0.5, 0.6) is 0 Å². The summed E-state index contributed by atoms with van der Waals surface area (Å²) in [5, 5.41) is 11.2. The van der Waals surface area contributed by atoms with Crippen LogP contribution in [0.2, 0.25) is 0 Å². The van der Waals surface area contributed by atoms with Crippen molar-refractivity contribution in [2.75, 3.05) is 7.05 Å². The van der Waals surface area contributed by atoms with Gasteiger partial charge in [-0.3, -0.25) is 4.79 Å². The lowest BCUT2D eigenvalue weighted by atomic mass is 10.1. The minimum absolute atomic E-state index is 0.353. The quantitative estimate of drug-likeness (QED) is 0.503. The van der Waals surface area contributed by atoms with Crippen molar-refractivity contribution < 1.29 is 9.90 Å². The van der Waals surface area contributed by atoms with Crippen LogP contribution < -0.4 is 11.1 Å². The average molecular weight is 176 g/mol. The predicted octanol–water partition coefficient (Wildman–Crippen LogP) is -0.275. The van der Waals surface area contributed by atoms with Gasteiger partial charge in [0, 0.05) is 0 Å². The highest BCUT2D eigenvalue weighted by Crippen LogP contribution is 1.96. The summed E-state index contributed by atoms with van der Waals surface area (Å²) in [5.74, 6) is -0.872. The van der Waals surface area contributed by atoms with Gasteiger partial charge in [-0.2, -0.15) is 0 Å². The van der Waals surface area contributed by atoms with Gasteiger partial charge in [-0.05, 0) is 19.9 Å². The Morgan fingerprint density at radius 3 is 2.64 bits per heavy atom. The molecule has 1 atom stereocenters. The standard InChI is InChI=1S/C6H12N2O2S/c1-8-4(6(9)10)2-3-5(7)11/h4,8H,2-3H2,1H3,(H2,7,11)(H,9,10). The molecule has 0 amide bonds. The maximum atomic E-state index is 10.4. The Kier molecular flexibility index (Phi) is 4.72. The molecular weight excluding hydrogens is 164 g/mol. The Morgan fingerprint density at radius 1 is 1.82 bits per heavy atom. The van der Waals surface area contributed by atoms with Gasteiger partial charge in [-0.25, -0.2) is 0 Å². The number of hydrogen-bond donors (Lipinski definition) is 3. The summed E-state index contributed by atoms with van der Waals surface area (Å²) in [7, 11) is 1.60. The maximum absolute atomic E-state index is 10.4. The van der Waals surface area contributed by atoms with E-state index in [2.05, 4.69) is 17.5 Å². The molecule has 0 aromatic carbocycles. The van der Waals surface area contributed by atoms with Crippen molar-refractivity contribution in [3.8, 4) is 0 Å². The van der Waals surface area contributed by atoms with Crippen molar-refractivity contribution in [1.29, 1.82) is 0 Å². The van der Waals surface area contributed by atoms with Crippen LogP contribution in [0.15, 0.2) is 0 Å². The van der Waals surface area contributed by atoms with Gasteiger partial charge in [0.15, 0.2) is 0 Å². The van der Waals surface area contributed by atoms with E-state index in [-0.39, 0.29) is 0 Å². The highest BCUT2D eigenvalue weighted by molar-refractivity contribution is 7.80. The molecule has 0 spiro atoms. The molecule has 0 saturated carbocycles. The highest BCUT2D eigenvalue weighted by Gasteiger charge is 2.13. The van der Waals surface area contributed by atoms with Crippen molar-refractivity contribution in [3.05, 3.63) is 0 Å². The number of carbonyl (C=O) groups is 1. The maximum Gasteiger partial charge on any atom is 0.320 e. The van der Waals surface area contributed by atoms with Gasteiger partial charge in [0.05, 0.1) is 4.99 Å². The van der Waals surface area contributed by atoms with Crippen LogP contribution in [0.25, 0.3) is 0 Å². The summed E-state index contributed by atoms with van der Waals surface area (Å²) in [6.07, 6.45) is 0.911. The van der Waals surface area contributed by atoms with E-state index in [1.54, 1.807) is 7.05 Å². The second-order valence-electron chi connectivity index (χ2n) is 2.18. The van der Waals surface area contributed by atoms with Gasteiger partial charge >= 0.3 is 5.97 Å². The Balaban J connectivity index is 3.70. The number of carboxylic acids is 1. The summed E-state index contributed by atoms with van der Waals surface area (Å²) in [6, 6.07) is -0.545. The zero-order chi connectivity index (χ0) is 8.85. The molecule has 0 fully saturated rings. The molecule has 0 aliphatic rings. The molecule has 0 aromatic heterocycles. The molecule has 0 aliphatic carbocycles. The molecule has 1 unspecified atom stereocenters. The van der Waals surface area contributed by atoms with Gasteiger partial charge in [0.1, 0.15) is 6.04 Å². The largest absolute Gasteiger partial charge is 0.480 e. The van der Waals surface area contributed by atoms with Crippen LogP contribution in [0.4, 0.5) is 0 Å². The van der Waals surface area contributed by atoms with E-state index in [1.165, 1.54) is 0 Å². The average Bonchev–Trinajstić information content (AvgIpc) is 1.87. The monoisotopic (exact) mass is 176 g/mol. The Labute approximate surface area is 70.8 Å². The lowest BCUT2D eigenvalue weighted by Crippen LogP contribution is -2.34. The number of thiocarbonyl (C=S) groups is 1. The fourth-order valence-electron chi connectivity index (χ4n) is 0.678. The van der Waals surface area contributed by atoms with E-state index < -0.39 is 12.0 Å². The van der Waals surface area contributed by atoms with Crippen molar-refractivity contribution in [1.82, 2.24) is 5.32 Å². The van der Waals surface area contributed by atoms with Gasteiger partial charge in [0.25, 0.3) is 0 Å². The molecule has 0 aromatic rings. The smallest absolute Gasteiger partial charge is 0.320 e. The molecule has 0 aliphatic heterocycles. The van der Waals surface area contributed by atoms with Crippen molar-refractivity contribution >= 4 is 23.2 Å². The number of carboxylic acid groups (broad SMARTS) is 1. The zero-order valence-electron chi connectivity index (χ0n) is 6.33. The predicted molar refractivity (Wildman–Crippen MR) is 46.5 cm³/mol. The number of likely N-dealkylation sites (N-methyl/N-ethyl adjacent to an activating group) is 1. The third-order valence-electron chi connectivity index (χ3n) is 1.33. The first-order chi connectivity index (χ1) is 5.07. The van der Waals surface area contributed by atoms with E-state index in [0.717, 1.165) is 0 Å². The second-order valence-corrected chi connectivity index (χ2v) is 2.71. The third kappa shape index (κ3) is 4.69. The lowest BCUT2D eigenvalue weighted by molar-refractivity contribution is -0.139. The first-order valence-corrected chi connectivity index (χ1v) is 3.67. The number of nitrogens with two attached hydrogens (primary N) is 1. The number of aliphatic carboxylic acids is 1. The first kappa shape index (κ1) is 10.3. The molecule has 0 saturated heterocycles. The molecule has 0 bridgehead atoms. The Morgan fingerprint density at radius 2 is 2.36 bits per heavy atom. The van der Waals surface area contributed by atoms with Gasteiger partial charge < -0.3 is 16.2 Å². The minimum Gasteiger partial charge on any atom is -0.480 e. The molecule has 4 nitrogen and oxygen atoms in total. The summed E-state index contributed by atoms with van der Waals surface area (Å²) < 4.78 is 0. The Bertz CT molecular complexity index is 161. The zero-order valence-corrected chi connectivity index (χ0v) is 7.15. The van der Waals surface area contributed by atoms with Gasteiger partial charge in [0.2, 0.25) is 0 Å². The van der Waals surface area contributed by atoms with Gasteiger partial charge in [-0.15, -0.1) is 0 Å². The SMILES string of the molecule is CNC(CCC(N)=S)C(=O)O. The van der Waals surface area contributed by atoms with Crippen LogP contribution in [0.3, 0.4) is 0 Å². The van der Waals surface area contributed by atoms with Crippen LogP contribution in [0, 0.1) is 0 Å². The topological polar surface area (TPSA) is 75.3 Å². The third-order valence-corrected chi connectivity index (χ3v) is 1.53. The van der Waals surface area contributed by atoms with Gasteiger partial charge in [-0.1, -0.05) is 12.2 Å². The van der Waals surface area contributed by atoms with Crippen LogP contribution in [0.1, 0.15) is 12.8 Å². The van der Waals surface area contributed by atoms with Crippen LogP contribution in [-0.2, 0) is 4.79 Å². The summed E-state index contributed by atoms with van der Waals surface area (Å²) >= 11 is 4.61. The van der Waals surface area contributed by atoms with E-state index in [9.17, 15) is 4.79 Å². The molecule has 0 heterocycles. The van der Waals surface area contributed by atoms with E-state index in [4.69, 9.17) is 10.8 Å². The Hall–Kier alpha value is -0.680. The second kappa shape index (κ2) is 5.03. The van der Waals surface area contributed by atoms with E-state index in [1.807, 2.05) is 0 Å². The molecule has 4 N–H and O–H groups in total. The number of nitrogens with one attached hydrogen (secondary N) is 1. The molecule has 5 heteroatoms. The summed E-state index contributed by atoms with van der Waals surface area (Å²) in [4.78, 5) is 10.7. The van der Waals surface area contributed by atoms with Crippen molar-refractivity contribution in [2.24, 2.45) is 5.73 Å². The molecular formula is C6H12N2O2S. The highest BCUT2D eigenvalue weighted by atomic mass is 32.1. The normalized spacial score (nSPS) is 12.5. The summed E-state index contributed by atoms with van der Waals surface area (Å²) in [6.45, 7) is 0. The molecule has 64 valence electrons. The molecule has 11 heavy (non-hydrogen) atoms. The lowest BCUT2D eigenvalue weighted by Gasteiger charge is -2.09. The molecule has 0 rings (SSSR count). The first-order valence-electron chi connectivity index (χ1n) is 3.26. The van der Waals surface area contributed by atoms with Crippen molar-refractivity contribution in [2.45, 2.75) is 18.9 Å². The fraction of sp³-hybridized carbons (Fsp3) is 0.667. The van der Waals surface area contributed by atoms with Crippen LogP contribution in [-0.4, -0.2) is 29.2 Å². The number of rotatable bonds is 5. The molecule has 0 radical (unpaired) electrons. The summed E-state index contributed by atoms with van der Waals surface area (Å²) in [5.41, 5.74) is 5.21. The minimum atomic E-state index is -0.872. The van der Waals surface area contributed by atoms with Crippen molar-refractivity contribution in [3.63, 3.8) is 0 Å². The number of hydrogen-bond acceptors (Lipinski definition) is 3.